The van der Waals surface area contributed by atoms with Gasteiger partial charge in [-0.25, -0.2) is 0 Å². The van der Waals surface area contributed by atoms with Gasteiger partial charge >= 0.3 is 0 Å². The van der Waals surface area contributed by atoms with Crippen molar-refractivity contribution in [1.82, 2.24) is 10.2 Å². The lowest BCUT2D eigenvalue weighted by atomic mass is 10.1. The number of hydrogen-bond donors (Lipinski definition) is 3. The molecule has 3 N–H and O–H groups in total. The second-order valence-electron chi connectivity index (χ2n) is 6.89. The van der Waals surface area contributed by atoms with E-state index in [9.17, 15) is 14.7 Å². The standard InChI is InChI=1S/C22H23N3O3/c1-25(2)14-21(27)24-18-9-5-6-15(10-18)13-23-22(28)19-11-16-7-3-4-8-17(16)12-20(19)26/h3-12,26H,13-14H2,1-2H3,(H,23,28)(H,24,27). The summed E-state index contributed by atoms with van der Waals surface area (Å²) in [6, 6.07) is 18.1. The quantitative estimate of drug-likeness (QED) is 0.617. The number of likely N-dealkylation sites (N-methyl/N-ethyl adjacent to an activating group) is 1. The SMILES string of the molecule is CN(C)CC(=O)Nc1cccc(CNC(=O)c2cc3ccccc3cc2O)c1. The molecular weight excluding hydrogens is 354 g/mol. The first-order valence-electron chi connectivity index (χ1n) is 8.96. The van der Waals surface area contributed by atoms with Crippen LogP contribution in [0.1, 0.15) is 15.9 Å². The van der Waals surface area contributed by atoms with Crippen molar-refractivity contribution in [2.45, 2.75) is 6.54 Å². The molecule has 0 saturated carbocycles. The number of nitrogens with one attached hydrogen (secondary N) is 2. The van der Waals surface area contributed by atoms with Gasteiger partial charge in [0.15, 0.2) is 0 Å². The van der Waals surface area contributed by atoms with Gasteiger partial charge in [0.2, 0.25) is 5.91 Å². The molecule has 3 aromatic rings. The summed E-state index contributed by atoms with van der Waals surface area (Å²) in [5.74, 6) is -0.515. The number of nitrogens with zero attached hydrogens (tertiary/aromatic N) is 1. The van der Waals surface area contributed by atoms with Crippen LogP contribution in [0.5, 0.6) is 5.75 Å². The maximum Gasteiger partial charge on any atom is 0.255 e. The number of benzene rings is 3. The highest BCUT2D eigenvalue weighted by atomic mass is 16.3. The topological polar surface area (TPSA) is 81.7 Å². The molecule has 0 bridgehead atoms. The monoisotopic (exact) mass is 377 g/mol. The zero-order valence-electron chi connectivity index (χ0n) is 15.9. The van der Waals surface area contributed by atoms with E-state index in [4.69, 9.17) is 0 Å². The predicted octanol–water partition coefficient (Wildman–Crippen LogP) is 2.98. The van der Waals surface area contributed by atoms with Crippen molar-refractivity contribution in [2.24, 2.45) is 0 Å². The smallest absolute Gasteiger partial charge is 0.255 e. The van der Waals surface area contributed by atoms with Gasteiger partial charge in [-0.1, -0.05) is 36.4 Å². The minimum Gasteiger partial charge on any atom is -0.507 e. The molecule has 0 heterocycles. The zero-order chi connectivity index (χ0) is 20.1. The molecule has 3 rings (SSSR count). The molecule has 144 valence electrons. The second-order valence-corrected chi connectivity index (χ2v) is 6.89. The average molecular weight is 377 g/mol. The van der Waals surface area contributed by atoms with E-state index in [1.165, 1.54) is 0 Å². The summed E-state index contributed by atoms with van der Waals surface area (Å²) >= 11 is 0. The molecule has 0 unspecified atom stereocenters. The Kier molecular flexibility index (Phi) is 5.91. The van der Waals surface area contributed by atoms with Crippen molar-refractivity contribution in [3.8, 4) is 5.75 Å². The molecule has 0 atom stereocenters. The van der Waals surface area contributed by atoms with Crippen LogP contribution < -0.4 is 10.6 Å². The maximum atomic E-state index is 12.5. The average Bonchev–Trinajstić information content (AvgIpc) is 2.65. The highest BCUT2D eigenvalue weighted by molar-refractivity contribution is 6.01. The predicted molar refractivity (Wildman–Crippen MR) is 110 cm³/mol. The number of phenolic OH excluding ortho intramolecular Hbond substituents is 1. The number of fused-ring (bicyclic) bond motifs is 1. The highest BCUT2D eigenvalue weighted by Gasteiger charge is 2.12. The number of hydrogen-bond acceptors (Lipinski definition) is 4. The summed E-state index contributed by atoms with van der Waals surface area (Å²) in [5.41, 5.74) is 1.75. The van der Waals surface area contributed by atoms with E-state index in [0.29, 0.717) is 12.2 Å². The minimum atomic E-state index is -0.356. The van der Waals surface area contributed by atoms with E-state index in [1.54, 1.807) is 23.1 Å². The Balaban J connectivity index is 1.67. The number of rotatable bonds is 6. The summed E-state index contributed by atoms with van der Waals surface area (Å²) in [6.07, 6.45) is 0. The number of carbonyl (C=O) groups excluding carboxylic acids is 2. The summed E-state index contributed by atoms with van der Waals surface area (Å²) in [4.78, 5) is 26.2. The Labute approximate surface area is 163 Å². The van der Waals surface area contributed by atoms with Crippen LogP contribution in [0.2, 0.25) is 0 Å². The molecule has 2 amide bonds. The van der Waals surface area contributed by atoms with Crippen molar-refractivity contribution in [3.05, 3.63) is 71.8 Å². The number of anilines is 1. The normalized spacial score (nSPS) is 10.8. The first-order valence-corrected chi connectivity index (χ1v) is 8.96. The van der Waals surface area contributed by atoms with Gasteiger partial charge < -0.3 is 20.6 Å². The summed E-state index contributed by atoms with van der Waals surface area (Å²) in [7, 11) is 3.65. The van der Waals surface area contributed by atoms with E-state index in [0.717, 1.165) is 16.3 Å². The van der Waals surface area contributed by atoms with Gasteiger partial charge in [0.25, 0.3) is 5.91 Å². The molecule has 0 aliphatic heterocycles. The maximum absolute atomic E-state index is 12.5. The third-order valence-electron chi connectivity index (χ3n) is 4.23. The molecule has 0 saturated heterocycles. The van der Waals surface area contributed by atoms with Crippen LogP contribution in [0.4, 0.5) is 5.69 Å². The molecular formula is C22H23N3O3. The summed E-state index contributed by atoms with van der Waals surface area (Å²) in [6.45, 7) is 0.574. The Hall–Kier alpha value is -3.38. The van der Waals surface area contributed by atoms with E-state index >= 15 is 0 Å². The molecule has 6 nitrogen and oxygen atoms in total. The number of aromatic hydroxyl groups is 1. The van der Waals surface area contributed by atoms with Gasteiger partial charge in [-0.3, -0.25) is 9.59 Å². The van der Waals surface area contributed by atoms with Crippen LogP contribution in [0.25, 0.3) is 10.8 Å². The molecule has 0 aliphatic carbocycles. The summed E-state index contributed by atoms with van der Waals surface area (Å²) < 4.78 is 0. The van der Waals surface area contributed by atoms with Gasteiger partial charge in [-0.15, -0.1) is 0 Å². The van der Waals surface area contributed by atoms with Gasteiger partial charge in [-0.2, -0.15) is 0 Å². The van der Waals surface area contributed by atoms with Gasteiger partial charge in [-0.05, 0) is 54.7 Å². The Morgan fingerprint density at radius 1 is 0.964 bits per heavy atom. The van der Waals surface area contributed by atoms with Gasteiger partial charge in [0.1, 0.15) is 5.75 Å². The van der Waals surface area contributed by atoms with Crippen LogP contribution >= 0.6 is 0 Å². The number of phenols is 1. The molecule has 0 aromatic heterocycles. The first-order chi connectivity index (χ1) is 13.4. The van der Waals surface area contributed by atoms with Gasteiger partial charge in [0.05, 0.1) is 12.1 Å². The lowest BCUT2D eigenvalue weighted by Gasteiger charge is -2.12. The van der Waals surface area contributed by atoms with Crippen LogP contribution in [0, 0.1) is 0 Å². The molecule has 0 fully saturated rings. The number of carbonyl (C=O) groups is 2. The highest BCUT2D eigenvalue weighted by Crippen LogP contribution is 2.25. The Morgan fingerprint density at radius 2 is 1.68 bits per heavy atom. The van der Waals surface area contributed by atoms with Crippen LogP contribution in [-0.4, -0.2) is 42.5 Å². The molecule has 0 spiro atoms. The minimum absolute atomic E-state index is 0.0547. The summed E-state index contributed by atoms with van der Waals surface area (Å²) in [5, 5.41) is 17.6. The number of amides is 2. The first kappa shape index (κ1) is 19.4. The lowest BCUT2D eigenvalue weighted by molar-refractivity contribution is -0.116. The van der Waals surface area contributed by atoms with E-state index in [2.05, 4.69) is 10.6 Å². The fourth-order valence-corrected chi connectivity index (χ4v) is 2.93. The Morgan fingerprint density at radius 3 is 2.39 bits per heavy atom. The van der Waals surface area contributed by atoms with Crippen molar-refractivity contribution in [2.75, 3.05) is 26.0 Å². The van der Waals surface area contributed by atoms with Gasteiger partial charge in [0, 0.05) is 12.2 Å². The molecule has 28 heavy (non-hydrogen) atoms. The van der Waals surface area contributed by atoms with E-state index in [-0.39, 0.29) is 29.7 Å². The van der Waals surface area contributed by atoms with Crippen molar-refractivity contribution < 1.29 is 14.7 Å². The zero-order valence-corrected chi connectivity index (χ0v) is 15.9. The van der Waals surface area contributed by atoms with E-state index < -0.39 is 0 Å². The molecule has 6 heteroatoms. The van der Waals surface area contributed by atoms with Crippen molar-refractivity contribution >= 4 is 28.3 Å². The molecule has 0 radical (unpaired) electrons. The fourth-order valence-electron chi connectivity index (χ4n) is 2.93. The molecule has 3 aromatic carbocycles. The van der Waals surface area contributed by atoms with Crippen LogP contribution in [0.3, 0.4) is 0 Å². The second kappa shape index (κ2) is 8.54. The molecule has 0 aliphatic rings. The van der Waals surface area contributed by atoms with Crippen LogP contribution in [0.15, 0.2) is 60.7 Å². The third-order valence-corrected chi connectivity index (χ3v) is 4.23. The van der Waals surface area contributed by atoms with Crippen LogP contribution in [-0.2, 0) is 11.3 Å². The third kappa shape index (κ3) is 4.86. The van der Waals surface area contributed by atoms with E-state index in [1.807, 2.05) is 56.6 Å². The largest absolute Gasteiger partial charge is 0.507 e. The lowest BCUT2D eigenvalue weighted by Crippen LogP contribution is -2.27. The fraction of sp³-hybridized carbons (Fsp3) is 0.182. The van der Waals surface area contributed by atoms with Crippen molar-refractivity contribution in [3.63, 3.8) is 0 Å². The van der Waals surface area contributed by atoms with Crippen molar-refractivity contribution in [1.29, 1.82) is 0 Å². The Bertz CT molecular complexity index is 1010.